The van der Waals surface area contributed by atoms with E-state index in [-0.39, 0.29) is 12.0 Å². The summed E-state index contributed by atoms with van der Waals surface area (Å²) in [6.45, 7) is 3.84. The average molecular weight is 277 g/mol. The lowest BCUT2D eigenvalue weighted by Crippen LogP contribution is -2.42. The molecule has 0 unspecified atom stereocenters. The number of benzene rings is 1. The predicted molar refractivity (Wildman–Crippen MR) is 77.7 cm³/mol. The Kier molecular flexibility index (Phi) is 5.41. The molecule has 110 valence electrons. The van der Waals surface area contributed by atoms with Gasteiger partial charge in [-0.15, -0.1) is 0 Å². The van der Waals surface area contributed by atoms with Crippen LogP contribution in [0.3, 0.4) is 0 Å². The van der Waals surface area contributed by atoms with Gasteiger partial charge in [-0.2, -0.15) is 0 Å². The van der Waals surface area contributed by atoms with Crippen molar-refractivity contribution >= 4 is 5.91 Å². The number of aryl methyl sites for hydroxylation is 1. The van der Waals surface area contributed by atoms with E-state index in [1.54, 1.807) is 4.90 Å². The van der Waals surface area contributed by atoms with Crippen molar-refractivity contribution < 1.29 is 14.6 Å². The van der Waals surface area contributed by atoms with Gasteiger partial charge in [0.25, 0.3) is 0 Å². The molecule has 0 aliphatic carbocycles. The van der Waals surface area contributed by atoms with Crippen LogP contribution in [0.2, 0.25) is 0 Å². The van der Waals surface area contributed by atoms with Crippen LogP contribution in [0.25, 0.3) is 0 Å². The molecule has 1 amide bonds. The van der Waals surface area contributed by atoms with E-state index in [4.69, 9.17) is 4.74 Å². The molecule has 1 aliphatic heterocycles. The van der Waals surface area contributed by atoms with Crippen LogP contribution in [0.1, 0.15) is 31.2 Å². The second-order valence-electron chi connectivity index (χ2n) is 5.40. The molecule has 0 spiro atoms. The summed E-state index contributed by atoms with van der Waals surface area (Å²) < 4.78 is 5.60. The van der Waals surface area contributed by atoms with Crippen molar-refractivity contribution in [2.75, 3.05) is 19.7 Å². The van der Waals surface area contributed by atoms with Gasteiger partial charge in [0.15, 0.2) is 0 Å². The number of carbonyl (C=O) groups excluding carboxylic acids is 1. The van der Waals surface area contributed by atoms with Crippen LogP contribution in [-0.4, -0.2) is 41.7 Å². The summed E-state index contributed by atoms with van der Waals surface area (Å²) in [6, 6.07) is 7.90. The molecule has 4 heteroatoms. The number of ether oxygens (including phenoxy) is 1. The maximum atomic E-state index is 12.0. The standard InChI is InChI=1S/C16H23NO3/c1-13-6-8-15(9-7-13)20-11-3-5-16(19)17-10-2-4-14(18)12-17/h6-9,14,18H,2-5,10-12H2,1H3/t14-/m0/s1. The summed E-state index contributed by atoms with van der Waals surface area (Å²) in [7, 11) is 0. The van der Waals surface area contributed by atoms with Crippen molar-refractivity contribution in [2.45, 2.75) is 38.7 Å². The van der Waals surface area contributed by atoms with Gasteiger partial charge in [-0.3, -0.25) is 4.79 Å². The van der Waals surface area contributed by atoms with Gasteiger partial charge in [0, 0.05) is 19.5 Å². The van der Waals surface area contributed by atoms with Gasteiger partial charge >= 0.3 is 0 Å². The first-order chi connectivity index (χ1) is 9.65. The van der Waals surface area contributed by atoms with Gasteiger partial charge < -0.3 is 14.7 Å². The highest BCUT2D eigenvalue weighted by Crippen LogP contribution is 2.13. The number of nitrogens with zero attached hydrogens (tertiary/aromatic N) is 1. The van der Waals surface area contributed by atoms with Crippen molar-refractivity contribution in [3.8, 4) is 5.75 Å². The molecule has 1 aromatic rings. The fourth-order valence-corrected chi connectivity index (χ4v) is 2.39. The Labute approximate surface area is 120 Å². The molecule has 1 atom stereocenters. The number of rotatable bonds is 5. The Morgan fingerprint density at radius 2 is 2.15 bits per heavy atom. The number of aliphatic hydroxyl groups excluding tert-OH is 1. The van der Waals surface area contributed by atoms with Crippen LogP contribution in [0.4, 0.5) is 0 Å². The van der Waals surface area contributed by atoms with Crippen LogP contribution >= 0.6 is 0 Å². The Morgan fingerprint density at radius 1 is 1.40 bits per heavy atom. The van der Waals surface area contributed by atoms with E-state index in [1.807, 2.05) is 31.2 Å². The minimum atomic E-state index is -0.350. The summed E-state index contributed by atoms with van der Waals surface area (Å²) in [6.07, 6.45) is 2.54. The second kappa shape index (κ2) is 7.29. The van der Waals surface area contributed by atoms with Gasteiger partial charge in [-0.05, 0) is 38.3 Å². The fourth-order valence-electron chi connectivity index (χ4n) is 2.39. The van der Waals surface area contributed by atoms with Crippen LogP contribution in [0.15, 0.2) is 24.3 Å². The lowest BCUT2D eigenvalue weighted by Gasteiger charge is -2.30. The van der Waals surface area contributed by atoms with E-state index >= 15 is 0 Å². The monoisotopic (exact) mass is 277 g/mol. The molecule has 0 saturated carbocycles. The Bertz CT molecular complexity index is 430. The zero-order valence-electron chi connectivity index (χ0n) is 12.0. The van der Waals surface area contributed by atoms with E-state index < -0.39 is 0 Å². The SMILES string of the molecule is Cc1ccc(OCCCC(=O)N2CCC[C@H](O)C2)cc1. The maximum Gasteiger partial charge on any atom is 0.222 e. The number of likely N-dealkylation sites (tertiary alicyclic amines) is 1. The molecule has 20 heavy (non-hydrogen) atoms. The third-order valence-corrected chi connectivity index (χ3v) is 3.57. The van der Waals surface area contributed by atoms with Gasteiger partial charge in [-0.1, -0.05) is 17.7 Å². The first kappa shape index (κ1) is 14.9. The highest BCUT2D eigenvalue weighted by Gasteiger charge is 2.21. The van der Waals surface area contributed by atoms with Crippen LogP contribution in [-0.2, 0) is 4.79 Å². The minimum absolute atomic E-state index is 0.122. The van der Waals surface area contributed by atoms with Gasteiger partial charge in [-0.25, -0.2) is 0 Å². The summed E-state index contributed by atoms with van der Waals surface area (Å²) in [4.78, 5) is 13.7. The summed E-state index contributed by atoms with van der Waals surface area (Å²) in [5.74, 6) is 0.965. The molecule has 1 fully saturated rings. The molecule has 0 aromatic heterocycles. The number of carbonyl (C=O) groups is 1. The quantitative estimate of drug-likeness (QED) is 0.839. The number of amides is 1. The number of hydrogen-bond acceptors (Lipinski definition) is 3. The topological polar surface area (TPSA) is 49.8 Å². The normalized spacial score (nSPS) is 18.9. The van der Waals surface area contributed by atoms with E-state index in [2.05, 4.69) is 0 Å². The fraction of sp³-hybridized carbons (Fsp3) is 0.562. The smallest absolute Gasteiger partial charge is 0.222 e. The molecular formula is C16H23NO3. The van der Waals surface area contributed by atoms with E-state index in [0.717, 1.165) is 25.1 Å². The molecule has 0 bridgehead atoms. The second-order valence-corrected chi connectivity index (χ2v) is 5.40. The first-order valence-corrected chi connectivity index (χ1v) is 7.30. The molecule has 1 aromatic carbocycles. The molecule has 0 radical (unpaired) electrons. The van der Waals surface area contributed by atoms with Crippen molar-refractivity contribution in [3.05, 3.63) is 29.8 Å². The highest BCUT2D eigenvalue weighted by atomic mass is 16.5. The third kappa shape index (κ3) is 4.53. The highest BCUT2D eigenvalue weighted by molar-refractivity contribution is 5.76. The van der Waals surface area contributed by atoms with Gasteiger partial charge in [0.1, 0.15) is 5.75 Å². The largest absolute Gasteiger partial charge is 0.494 e. The van der Waals surface area contributed by atoms with Gasteiger partial charge in [0.05, 0.1) is 12.7 Å². The zero-order chi connectivity index (χ0) is 14.4. The number of piperidine rings is 1. The minimum Gasteiger partial charge on any atom is -0.494 e. The van der Waals surface area contributed by atoms with E-state index in [0.29, 0.717) is 26.0 Å². The molecule has 1 heterocycles. The maximum absolute atomic E-state index is 12.0. The molecule has 1 saturated heterocycles. The Morgan fingerprint density at radius 3 is 2.85 bits per heavy atom. The van der Waals surface area contributed by atoms with Gasteiger partial charge in [0.2, 0.25) is 5.91 Å². The van der Waals surface area contributed by atoms with Crippen molar-refractivity contribution in [3.63, 3.8) is 0 Å². The Balaban J connectivity index is 1.65. The van der Waals surface area contributed by atoms with E-state index in [1.165, 1.54) is 5.56 Å². The van der Waals surface area contributed by atoms with E-state index in [9.17, 15) is 9.90 Å². The first-order valence-electron chi connectivity index (χ1n) is 7.30. The average Bonchev–Trinajstić information content (AvgIpc) is 2.45. The summed E-state index contributed by atoms with van der Waals surface area (Å²) in [5, 5.41) is 9.55. The molecule has 1 aliphatic rings. The van der Waals surface area contributed by atoms with Crippen LogP contribution in [0.5, 0.6) is 5.75 Å². The molecule has 2 rings (SSSR count). The summed E-state index contributed by atoms with van der Waals surface area (Å²) in [5.41, 5.74) is 1.20. The van der Waals surface area contributed by atoms with Crippen molar-refractivity contribution in [1.82, 2.24) is 4.90 Å². The van der Waals surface area contributed by atoms with Crippen molar-refractivity contribution in [2.24, 2.45) is 0 Å². The third-order valence-electron chi connectivity index (χ3n) is 3.57. The summed E-state index contributed by atoms with van der Waals surface area (Å²) >= 11 is 0. The zero-order valence-corrected chi connectivity index (χ0v) is 12.0. The number of β-amino-alcohol motifs (C(OH)–C–C–N with tert-alkyl or cyclic N) is 1. The molecule has 4 nitrogen and oxygen atoms in total. The molecular weight excluding hydrogens is 254 g/mol. The van der Waals surface area contributed by atoms with Crippen LogP contribution < -0.4 is 4.74 Å². The van der Waals surface area contributed by atoms with Crippen LogP contribution in [0, 0.1) is 6.92 Å². The Hall–Kier alpha value is -1.55. The lowest BCUT2D eigenvalue weighted by molar-refractivity contribution is -0.134. The number of aliphatic hydroxyl groups is 1. The number of hydrogen-bond donors (Lipinski definition) is 1. The molecule has 1 N–H and O–H groups in total. The van der Waals surface area contributed by atoms with Crippen molar-refractivity contribution in [1.29, 1.82) is 0 Å². The predicted octanol–water partition coefficient (Wildman–Crippen LogP) is 2.14. The lowest BCUT2D eigenvalue weighted by atomic mass is 10.1.